The van der Waals surface area contributed by atoms with E-state index < -0.39 is 27.3 Å². The lowest BCUT2D eigenvalue weighted by atomic mass is 9.90. The van der Waals surface area contributed by atoms with Crippen LogP contribution in [0, 0.1) is 5.41 Å². The van der Waals surface area contributed by atoms with Gasteiger partial charge < -0.3 is 14.7 Å². The summed E-state index contributed by atoms with van der Waals surface area (Å²) in [6.07, 6.45) is 0.325. The zero-order valence-electron chi connectivity index (χ0n) is 12.8. The number of carboxylic acids is 1. The summed E-state index contributed by atoms with van der Waals surface area (Å²) >= 11 is 0. The maximum absolute atomic E-state index is 12.6. The molecule has 0 spiro atoms. The second-order valence-corrected chi connectivity index (χ2v) is 7.31. The molecule has 1 saturated heterocycles. The smallest absolute Gasteiger partial charge is 0.311 e. The van der Waals surface area contributed by atoms with Crippen LogP contribution in [0.4, 0.5) is 0 Å². The molecule has 1 aliphatic heterocycles. The Morgan fingerprint density at radius 3 is 2.52 bits per heavy atom. The Balaban J connectivity index is 2.38. The fourth-order valence-electron chi connectivity index (χ4n) is 2.51. The molecule has 8 nitrogen and oxygen atoms in total. The first kappa shape index (κ1) is 17.2. The number of hydrogen-bond acceptors (Lipinski definition) is 5. The molecular weight excluding hydrogens is 324 g/mol. The summed E-state index contributed by atoms with van der Waals surface area (Å²) in [4.78, 5) is 25.1. The first-order valence-electron chi connectivity index (χ1n) is 6.82. The van der Waals surface area contributed by atoms with Crippen LogP contribution >= 0.6 is 0 Å². The van der Waals surface area contributed by atoms with Gasteiger partial charge in [-0.15, -0.1) is 0 Å². The lowest BCUT2D eigenvalue weighted by molar-refractivity contribution is -0.147. The average molecular weight is 342 g/mol. The number of amides is 1. The number of methoxy groups -OCH3 is 1. The van der Waals surface area contributed by atoms with Crippen molar-refractivity contribution >= 4 is 21.9 Å². The highest BCUT2D eigenvalue weighted by Gasteiger charge is 2.42. The number of nitrogens with two attached hydrogens (primary N) is 1. The van der Waals surface area contributed by atoms with Gasteiger partial charge in [0, 0.05) is 13.1 Å². The van der Waals surface area contributed by atoms with Crippen LogP contribution in [0.5, 0.6) is 5.75 Å². The van der Waals surface area contributed by atoms with Gasteiger partial charge in [-0.25, -0.2) is 13.6 Å². The van der Waals surface area contributed by atoms with Crippen molar-refractivity contribution in [3.05, 3.63) is 23.8 Å². The number of rotatable bonds is 4. The summed E-state index contributed by atoms with van der Waals surface area (Å²) in [5.41, 5.74) is -0.978. The molecule has 1 aromatic rings. The Bertz CT molecular complexity index is 761. The van der Waals surface area contributed by atoms with Crippen LogP contribution in [0.3, 0.4) is 0 Å². The Labute approximate surface area is 133 Å². The van der Waals surface area contributed by atoms with E-state index in [2.05, 4.69) is 0 Å². The number of benzene rings is 1. The van der Waals surface area contributed by atoms with Crippen LogP contribution in [-0.4, -0.2) is 50.5 Å². The Hall–Kier alpha value is -2.13. The molecule has 1 unspecified atom stereocenters. The molecule has 2 rings (SSSR count). The van der Waals surface area contributed by atoms with Gasteiger partial charge in [0.2, 0.25) is 10.0 Å². The maximum Gasteiger partial charge on any atom is 0.311 e. The molecule has 1 fully saturated rings. The molecule has 0 aliphatic carbocycles. The van der Waals surface area contributed by atoms with Crippen LogP contribution in [0.25, 0.3) is 0 Å². The van der Waals surface area contributed by atoms with Crippen molar-refractivity contribution in [1.82, 2.24) is 4.90 Å². The van der Waals surface area contributed by atoms with Gasteiger partial charge >= 0.3 is 5.97 Å². The molecule has 126 valence electrons. The molecule has 0 aromatic heterocycles. The minimum atomic E-state index is -3.96. The molecule has 9 heteroatoms. The van der Waals surface area contributed by atoms with Gasteiger partial charge in [0.05, 0.1) is 23.0 Å². The molecule has 1 heterocycles. The third-order valence-electron chi connectivity index (χ3n) is 4.01. The second kappa shape index (κ2) is 5.82. The number of nitrogens with zero attached hydrogens (tertiary/aromatic N) is 1. The summed E-state index contributed by atoms with van der Waals surface area (Å²) in [6.45, 7) is 1.88. The molecule has 1 atom stereocenters. The number of aliphatic carboxylic acids is 1. The summed E-state index contributed by atoms with van der Waals surface area (Å²) < 4.78 is 28.0. The lowest BCUT2D eigenvalue weighted by Gasteiger charge is -2.21. The third kappa shape index (κ3) is 3.30. The van der Waals surface area contributed by atoms with Gasteiger partial charge in [0.1, 0.15) is 5.75 Å². The van der Waals surface area contributed by atoms with Crippen molar-refractivity contribution in [2.45, 2.75) is 18.2 Å². The molecule has 0 radical (unpaired) electrons. The first-order valence-corrected chi connectivity index (χ1v) is 8.36. The van der Waals surface area contributed by atoms with E-state index in [1.807, 2.05) is 0 Å². The predicted octanol–water partition coefficient (Wildman–Crippen LogP) is 0.279. The average Bonchev–Trinajstić information content (AvgIpc) is 2.89. The van der Waals surface area contributed by atoms with E-state index in [4.69, 9.17) is 9.88 Å². The van der Waals surface area contributed by atoms with Crippen molar-refractivity contribution in [2.75, 3.05) is 20.2 Å². The molecule has 3 N–H and O–H groups in total. The fourth-order valence-corrected chi connectivity index (χ4v) is 3.05. The normalized spacial score (nSPS) is 21.3. The minimum absolute atomic E-state index is 0.0358. The van der Waals surface area contributed by atoms with Gasteiger partial charge in [-0.2, -0.15) is 0 Å². The first-order chi connectivity index (χ1) is 10.6. The monoisotopic (exact) mass is 342 g/mol. The zero-order chi connectivity index (χ0) is 17.4. The van der Waals surface area contributed by atoms with E-state index in [0.29, 0.717) is 6.42 Å². The van der Waals surface area contributed by atoms with Crippen LogP contribution in [0.15, 0.2) is 23.1 Å². The van der Waals surface area contributed by atoms with E-state index in [0.717, 1.165) is 6.07 Å². The highest BCUT2D eigenvalue weighted by atomic mass is 32.2. The summed E-state index contributed by atoms with van der Waals surface area (Å²) in [6, 6.07) is 3.74. The highest BCUT2D eigenvalue weighted by molar-refractivity contribution is 7.89. The number of hydrogen-bond donors (Lipinski definition) is 2. The molecule has 1 aromatic carbocycles. The lowest BCUT2D eigenvalue weighted by Crippen LogP contribution is -2.35. The van der Waals surface area contributed by atoms with Crippen molar-refractivity contribution in [1.29, 1.82) is 0 Å². The Morgan fingerprint density at radius 1 is 1.39 bits per heavy atom. The topological polar surface area (TPSA) is 127 Å². The molecule has 23 heavy (non-hydrogen) atoms. The van der Waals surface area contributed by atoms with Crippen LogP contribution in [0.1, 0.15) is 23.7 Å². The quantitative estimate of drug-likeness (QED) is 0.809. The van der Waals surface area contributed by atoms with Gasteiger partial charge in [0.25, 0.3) is 5.91 Å². The van der Waals surface area contributed by atoms with Crippen molar-refractivity contribution < 1.29 is 27.9 Å². The van der Waals surface area contributed by atoms with Gasteiger partial charge in [-0.1, -0.05) is 0 Å². The molecule has 0 saturated carbocycles. The molecule has 1 amide bonds. The number of carboxylic acid groups (broad SMARTS) is 1. The van der Waals surface area contributed by atoms with E-state index in [1.165, 1.54) is 24.1 Å². The molecule has 0 bridgehead atoms. The standard InChI is InChI=1S/C14H18N2O6S/c1-14(13(18)19)5-6-16(8-14)12(17)10-7-9(23(15,20)21)3-4-11(10)22-2/h3-4,7H,5-6,8H2,1-2H3,(H,18,19)(H2,15,20,21). The minimum Gasteiger partial charge on any atom is -0.496 e. The number of sulfonamides is 1. The third-order valence-corrected chi connectivity index (χ3v) is 4.92. The van der Waals surface area contributed by atoms with Gasteiger partial charge in [-0.3, -0.25) is 9.59 Å². The van der Waals surface area contributed by atoms with Crippen LogP contribution < -0.4 is 9.88 Å². The van der Waals surface area contributed by atoms with E-state index in [-0.39, 0.29) is 29.3 Å². The van der Waals surface area contributed by atoms with E-state index in [9.17, 15) is 23.1 Å². The van der Waals surface area contributed by atoms with E-state index >= 15 is 0 Å². The summed E-state index contributed by atoms with van der Waals surface area (Å²) in [7, 11) is -2.61. The number of likely N-dealkylation sites (tertiary alicyclic amines) is 1. The number of carbonyl (C=O) groups is 2. The number of primary sulfonamides is 1. The zero-order valence-corrected chi connectivity index (χ0v) is 13.6. The van der Waals surface area contributed by atoms with Crippen molar-refractivity contribution in [3.63, 3.8) is 0 Å². The molecule has 1 aliphatic rings. The fraction of sp³-hybridized carbons (Fsp3) is 0.429. The maximum atomic E-state index is 12.6. The largest absolute Gasteiger partial charge is 0.496 e. The van der Waals surface area contributed by atoms with Gasteiger partial charge in [0.15, 0.2) is 0 Å². The predicted molar refractivity (Wildman–Crippen MR) is 80.6 cm³/mol. The van der Waals surface area contributed by atoms with Crippen LogP contribution in [0.2, 0.25) is 0 Å². The van der Waals surface area contributed by atoms with Gasteiger partial charge in [-0.05, 0) is 31.5 Å². The van der Waals surface area contributed by atoms with Crippen LogP contribution in [-0.2, 0) is 14.8 Å². The van der Waals surface area contributed by atoms with E-state index in [1.54, 1.807) is 6.92 Å². The number of ether oxygens (including phenoxy) is 1. The summed E-state index contributed by atoms with van der Waals surface area (Å²) in [5.74, 6) is -1.26. The Kier molecular flexibility index (Phi) is 4.36. The Morgan fingerprint density at radius 2 is 2.04 bits per heavy atom. The SMILES string of the molecule is COc1ccc(S(N)(=O)=O)cc1C(=O)N1CCC(C)(C(=O)O)C1. The summed E-state index contributed by atoms with van der Waals surface area (Å²) in [5, 5.41) is 14.3. The van der Waals surface area contributed by atoms with Crippen molar-refractivity contribution in [3.8, 4) is 5.75 Å². The highest BCUT2D eigenvalue weighted by Crippen LogP contribution is 2.32. The second-order valence-electron chi connectivity index (χ2n) is 5.75. The number of carbonyl (C=O) groups excluding carboxylic acids is 1. The molecular formula is C14H18N2O6S. The van der Waals surface area contributed by atoms with Crippen molar-refractivity contribution in [2.24, 2.45) is 10.6 Å².